The molecular formula is C23H31BrN4O4S. The summed E-state index contributed by atoms with van der Waals surface area (Å²) in [6.45, 7) is 8.75. The average molecular weight is 539 g/mol. The Morgan fingerprint density at radius 1 is 1.27 bits per heavy atom. The van der Waals surface area contributed by atoms with Crippen LogP contribution in [0.1, 0.15) is 58.6 Å². The van der Waals surface area contributed by atoms with Crippen LogP contribution in [0.5, 0.6) is 11.5 Å². The molecule has 0 amide bonds. The maximum atomic E-state index is 13.1. The van der Waals surface area contributed by atoms with Gasteiger partial charge in [-0.3, -0.25) is 0 Å². The van der Waals surface area contributed by atoms with Crippen molar-refractivity contribution >= 4 is 39.6 Å². The van der Waals surface area contributed by atoms with E-state index >= 15 is 0 Å². The summed E-state index contributed by atoms with van der Waals surface area (Å²) >= 11 is 5.21. The maximum Gasteiger partial charge on any atom is 0.338 e. The minimum atomic E-state index is -0.528. The van der Waals surface area contributed by atoms with Crippen LogP contribution in [0.25, 0.3) is 0 Å². The Morgan fingerprint density at radius 2 is 2.06 bits per heavy atom. The number of aromatic nitrogens is 3. The zero-order chi connectivity index (χ0) is 24.0. The summed E-state index contributed by atoms with van der Waals surface area (Å²) in [4.78, 5) is 17.8. The Kier molecular flexibility index (Phi) is 9.08. The molecule has 1 aromatic heterocycles. The first kappa shape index (κ1) is 25.4. The molecule has 0 fully saturated rings. The molecule has 2 aromatic rings. The Labute approximate surface area is 207 Å². The van der Waals surface area contributed by atoms with Crippen molar-refractivity contribution in [1.82, 2.24) is 14.8 Å². The van der Waals surface area contributed by atoms with Crippen LogP contribution in [0.2, 0.25) is 0 Å². The van der Waals surface area contributed by atoms with Crippen molar-refractivity contribution in [2.75, 3.05) is 31.4 Å². The number of benzene rings is 1. The zero-order valence-corrected chi connectivity index (χ0v) is 22.1. The number of ether oxygens (including phenoxy) is 3. The number of hydrogen-bond acceptors (Lipinski definition) is 8. The molecule has 0 spiro atoms. The van der Waals surface area contributed by atoms with E-state index in [1.54, 1.807) is 23.6 Å². The van der Waals surface area contributed by atoms with Crippen LogP contribution in [-0.2, 0) is 9.53 Å². The molecule has 1 atom stereocenters. The van der Waals surface area contributed by atoms with Gasteiger partial charge in [-0.1, -0.05) is 32.0 Å². The summed E-state index contributed by atoms with van der Waals surface area (Å²) < 4.78 is 19.4. The van der Waals surface area contributed by atoms with E-state index in [0.717, 1.165) is 35.1 Å². The predicted molar refractivity (Wildman–Crippen MR) is 133 cm³/mol. The monoisotopic (exact) mass is 538 g/mol. The first-order valence-electron chi connectivity index (χ1n) is 11.2. The molecule has 0 radical (unpaired) electrons. The number of anilines is 1. The Bertz CT molecular complexity index is 1020. The van der Waals surface area contributed by atoms with Crippen LogP contribution < -0.4 is 14.8 Å². The number of unbranched alkanes of at least 4 members (excludes halogenated alkanes) is 1. The number of carbonyl (C=O) groups is 1. The topological polar surface area (TPSA) is 87.5 Å². The molecule has 0 saturated heterocycles. The van der Waals surface area contributed by atoms with E-state index in [2.05, 4.69) is 33.2 Å². The number of nitrogens with zero attached hydrogens (tertiary/aromatic N) is 3. The van der Waals surface area contributed by atoms with Crippen molar-refractivity contribution in [1.29, 1.82) is 0 Å². The van der Waals surface area contributed by atoms with Gasteiger partial charge < -0.3 is 19.5 Å². The van der Waals surface area contributed by atoms with Gasteiger partial charge >= 0.3 is 5.97 Å². The lowest BCUT2D eigenvalue weighted by Crippen LogP contribution is -2.30. The number of carbonyl (C=O) groups excluding carboxylic acids is 1. The second kappa shape index (κ2) is 11.8. The molecule has 3 rings (SSSR count). The fourth-order valence-electron chi connectivity index (χ4n) is 3.53. The van der Waals surface area contributed by atoms with Crippen LogP contribution >= 0.6 is 27.7 Å². The molecule has 0 bridgehead atoms. The van der Waals surface area contributed by atoms with E-state index in [-0.39, 0.29) is 5.97 Å². The van der Waals surface area contributed by atoms with Crippen molar-refractivity contribution in [3.8, 4) is 11.5 Å². The first-order valence-corrected chi connectivity index (χ1v) is 13.0. The van der Waals surface area contributed by atoms with E-state index in [1.165, 1.54) is 0 Å². The third-order valence-corrected chi connectivity index (χ3v) is 6.59. The van der Waals surface area contributed by atoms with Gasteiger partial charge in [0.2, 0.25) is 11.1 Å². The van der Waals surface area contributed by atoms with Crippen LogP contribution in [0.4, 0.5) is 5.95 Å². The molecule has 1 aromatic carbocycles. The molecule has 8 nitrogen and oxygen atoms in total. The van der Waals surface area contributed by atoms with E-state index < -0.39 is 6.04 Å². The van der Waals surface area contributed by atoms with Crippen LogP contribution in [0, 0.1) is 0 Å². The van der Waals surface area contributed by atoms with Crippen molar-refractivity contribution in [2.45, 2.75) is 58.2 Å². The average Bonchev–Trinajstić information content (AvgIpc) is 3.20. The lowest BCUT2D eigenvalue weighted by molar-refractivity contribution is -0.139. The number of allylic oxidation sites excluding steroid dienone is 1. The van der Waals surface area contributed by atoms with E-state index in [9.17, 15) is 4.79 Å². The molecule has 1 aliphatic rings. The SMILES string of the molecule is CCCCSc1nc2n(n1)C(c1cc(Br)c(OCC)c(OC)c1)C(C(=O)OCCC)=C(C)N2. The number of rotatable bonds is 11. The fraction of sp³-hybridized carbons (Fsp3) is 0.522. The Morgan fingerprint density at radius 3 is 2.73 bits per heavy atom. The molecule has 0 aliphatic carbocycles. The van der Waals surface area contributed by atoms with Gasteiger partial charge in [0.15, 0.2) is 11.5 Å². The smallest absolute Gasteiger partial charge is 0.338 e. The fourth-order valence-corrected chi connectivity index (χ4v) is 5.01. The third kappa shape index (κ3) is 5.66. The highest BCUT2D eigenvalue weighted by atomic mass is 79.9. The largest absolute Gasteiger partial charge is 0.493 e. The normalized spacial score (nSPS) is 15.2. The van der Waals surface area contributed by atoms with Gasteiger partial charge in [-0.15, -0.1) is 5.10 Å². The Hall–Kier alpha value is -2.20. The number of fused-ring (bicyclic) bond motifs is 1. The van der Waals surface area contributed by atoms with Gasteiger partial charge in [-0.2, -0.15) is 4.98 Å². The number of thioether (sulfide) groups is 1. The molecule has 1 unspecified atom stereocenters. The highest BCUT2D eigenvalue weighted by molar-refractivity contribution is 9.10. The standard InChI is InChI=1S/C23H31BrN4O4S/c1-6-9-11-33-23-26-22-25-14(4)18(21(29)32-10-7-2)19(28(22)27-23)15-12-16(24)20(31-8-3)17(13-15)30-5/h12-13,19H,6-11H2,1-5H3,(H,25,26,27). The van der Waals surface area contributed by atoms with E-state index in [1.807, 2.05) is 32.9 Å². The molecule has 1 aliphatic heterocycles. The lowest BCUT2D eigenvalue weighted by Gasteiger charge is -2.28. The number of nitrogens with one attached hydrogen (secondary N) is 1. The molecule has 0 saturated carbocycles. The molecule has 33 heavy (non-hydrogen) atoms. The highest BCUT2D eigenvalue weighted by Gasteiger charge is 2.36. The van der Waals surface area contributed by atoms with E-state index in [4.69, 9.17) is 19.3 Å². The summed E-state index contributed by atoms with van der Waals surface area (Å²) in [6.07, 6.45) is 2.93. The maximum absolute atomic E-state index is 13.1. The quantitative estimate of drug-likeness (QED) is 0.225. The zero-order valence-electron chi connectivity index (χ0n) is 19.7. The van der Waals surface area contributed by atoms with Crippen molar-refractivity contribution in [3.63, 3.8) is 0 Å². The van der Waals surface area contributed by atoms with Gasteiger partial charge in [0, 0.05) is 11.4 Å². The van der Waals surface area contributed by atoms with Crippen molar-refractivity contribution < 1.29 is 19.0 Å². The summed E-state index contributed by atoms with van der Waals surface area (Å²) in [6, 6.07) is 3.28. The number of esters is 1. The number of halogens is 1. The van der Waals surface area contributed by atoms with Gasteiger partial charge in [0.1, 0.15) is 6.04 Å². The summed E-state index contributed by atoms with van der Waals surface area (Å²) in [5, 5.41) is 8.66. The second-order valence-electron chi connectivity index (χ2n) is 7.53. The van der Waals surface area contributed by atoms with Crippen molar-refractivity contribution in [2.24, 2.45) is 0 Å². The van der Waals surface area contributed by atoms with Crippen molar-refractivity contribution in [3.05, 3.63) is 33.4 Å². The molecular weight excluding hydrogens is 508 g/mol. The number of methoxy groups -OCH3 is 1. The summed E-state index contributed by atoms with van der Waals surface area (Å²) in [7, 11) is 1.59. The third-order valence-electron chi connectivity index (χ3n) is 5.08. The predicted octanol–water partition coefficient (Wildman–Crippen LogP) is 5.58. The van der Waals surface area contributed by atoms with E-state index in [0.29, 0.717) is 47.1 Å². The van der Waals surface area contributed by atoms with Crippen LogP contribution in [0.3, 0.4) is 0 Å². The Balaban J connectivity index is 2.11. The molecule has 2 heterocycles. The molecule has 10 heteroatoms. The lowest BCUT2D eigenvalue weighted by atomic mass is 9.95. The highest BCUT2D eigenvalue weighted by Crippen LogP contribution is 2.43. The second-order valence-corrected chi connectivity index (χ2v) is 9.45. The van der Waals surface area contributed by atoms with Crippen LogP contribution in [0.15, 0.2) is 33.0 Å². The van der Waals surface area contributed by atoms with Gasteiger partial charge in [-0.05, 0) is 60.3 Å². The summed E-state index contributed by atoms with van der Waals surface area (Å²) in [5.41, 5.74) is 1.99. The first-order chi connectivity index (χ1) is 15.9. The molecule has 180 valence electrons. The minimum absolute atomic E-state index is 0.348. The van der Waals surface area contributed by atoms with Gasteiger partial charge in [-0.25, -0.2) is 9.48 Å². The number of hydrogen-bond donors (Lipinski definition) is 1. The van der Waals surface area contributed by atoms with Gasteiger partial charge in [0.05, 0.1) is 30.4 Å². The molecule has 1 N–H and O–H groups in total. The van der Waals surface area contributed by atoms with Crippen LogP contribution in [-0.4, -0.2) is 46.8 Å². The minimum Gasteiger partial charge on any atom is -0.493 e. The van der Waals surface area contributed by atoms with Gasteiger partial charge in [0.25, 0.3) is 0 Å². The summed E-state index contributed by atoms with van der Waals surface area (Å²) in [5.74, 6) is 2.33.